The quantitative estimate of drug-likeness (QED) is 0.765. The van der Waals surface area contributed by atoms with Crippen molar-refractivity contribution in [3.63, 3.8) is 0 Å². The molecule has 1 rings (SSSR count). The van der Waals surface area contributed by atoms with Gasteiger partial charge in [0.1, 0.15) is 0 Å². The van der Waals surface area contributed by atoms with Crippen LogP contribution < -0.4 is 5.32 Å². The molecular formula is C13H17NO3. The van der Waals surface area contributed by atoms with Crippen LogP contribution >= 0.6 is 0 Å². The molecule has 0 aliphatic carbocycles. The maximum absolute atomic E-state index is 11.2. The summed E-state index contributed by atoms with van der Waals surface area (Å²) in [6.07, 6.45) is 0.407. The van der Waals surface area contributed by atoms with Gasteiger partial charge in [-0.1, -0.05) is 38.1 Å². The monoisotopic (exact) mass is 235 g/mol. The lowest BCUT2D eigenvalue weighted by molar-refractivity contribution is -0.145. The van der Waals surface area contributed by atoms with Gasteiger partial charge in [0.2, 0.25) is 6.41 Å². The normalized spacial score (nSPS) is 14.1. The van der Waals surface area contributed by atoms with Crippen LogP contribution in [0.2, 0.25) is 0 Å². The highest BCUT2D eigenvalue weighted by Gasteiger charge is 2.34. The summed E-state index contributed by atoms with van der Waals surface area (Å²) in [5, 5.41) is 11.5. The number of aliphatic carboxylic acids is 1. The Kier molecular flexibility index (Phi) is 3.89. The predicted octanol–water partition coefficient (Wildman–Crippen LogP) is 1.86. The van der Waals surface area contributed by atoms with Gasteiger partial charge in [0.05, 0.1) is 0 Å². The molecule has 4 nitrogen and oxygen atoms in total. The number of carboxylic acid groups (broad SMARTS) is 1. The fourth-order valence-electron chi connectivity index (χ4n) is 1.59. The average Bonchev–Trinajstić information content (AvgIpc) is 2.29. The minimum atomic E-state index is -1.38. The lowest BCUT2D eigenvalue weighted by Gasteiger charge is -2.24. The van der Waals surface area contributed by atoms with Gasteiger partial charge in [0, 0.05) is 0 Å². The van der Waals surface area contributed by atoms with E-state index >= 15 is 0 Å². The zero-order chi connectivity index (χ0) is 13.1. The van der Waals surface area contributed by atoms with Gasteiger partial charge in [-0.3, -0.25) is 4.79 Å². The minimum absolute atomic E-state index is 0.388. The molecule has 92 valence electrons. The summed E-state index contributed by atoms with van der Waals surface area (Å²) in [5.74, 6) is -0.693. The Bertz CT molecular complexity index is 411. The van der Waals surface area contributed by atoms with Crippen LogP contribution in [0.5, 0.6) is 0 Å². The maximum Gasteiger partial charge on any atom is 0.333 e. The number of carboxylic acids is 1. The molecule has 0 aromatic heterocycles. The Hall–Kier alpha value is -1.84. The molecule has 17 heavy (non-hydrogen) atoms. The van der Waals surface area contributed by atoms with E-state index in [-0.39, 0.29) is 0 Å². The molecule has 0 spiro atoms. The second kappa shape index (κ2) is 4.99. The molecule has 1 atom stereocenters. The minimum Gasteiger partial charge on any atom is -0.479 e. The molecule has 1 aromatic rings. The number of nitrogens with one attached hydrogen (secondary N) is 1. The van der Waals surface area contributed by atoms with Crippen molar-refractivity contribution in [3.05, 3.63) is 35.4 Å². The maximum atomic E-state index is 11.2. The Morgan fingerprint density at radius 3 is 2.24 bits per heavy atom. The van der Waals surface area contributed by atoms with Crippen LogP contribution in [0.1, 0.15) is 37.8 Å². The number of hydrogen-bond acceptors (Lipinski definition) is 2. The van der Waals surface area contributed by atoms with Gasteiger partial charge >= 0.3 is 5.97 Å². The molecule has 4 heteroatoms. The van der Waals surface area contributed by atoms with Crippen LogP contribution in [0, 0.1) is 0 Å². The molecule has 2 N–H and O–H groups in total. The van der Waals surface area contributed by atoms with E-state index in [1.165, 1.54) is 6.92 Å². The molecule has 0 aliphatic heterocycles. The molecule has 1 unspecified atom stereocenters. The first-order valence-corrected chi connectivity index (χ1v) is 5.47. The standard InChI is InChI=1S/C13H17NO3/c1-9(2)10-4-6-11(7-5-10)13(3,12(16)17)14-8-15/h4-9H,1-3H3,(H,14,15)(H,16,17). The van der Waals surface area contributed by atoms with E-state index in [2.05, 4.69) is 19.2 Å². The Morgan fingerprint density at radius 2 is 1.88 bits per heavy atom. The van der Waals surface area contributed by atoms with Gasteiger partial charge in [0.15, 0.2) is 5.54 Å². The van der Waals surface area contributed by atoms with Crippen LogP contribution in [0.25, 0.3) is 0 Å². The second-order valence-corrected chi connectivity index (χ2v) is 4.47. The number of amides is 1. The topological polar surface area (TPSA) is 66.4 Å². The van der Waals surface area contributed by atoms with Gasteiger partial charge in [0.25, 0.3) is 0 Å². The third-order valence-electron chi connectivity index (χ3n) is 2.93. The molecule has 0 heterocycles. The molecule has 0 fully saturated rings. The fraction of sp³-hybridized carbons (Fsp3) is 0.385. The lowest BCUT2D eigenvalue weighted by Crippen LogP contribution is -2.45. The largest absolute Gasteiger partial charge is 0.479 e. The summed E-state index contributed by atoms with van der Waals surface area (Å²) in [5.41, 5.74) is 0.311. The third kappa shape index (κ3) is 2.64. The van der Waals surface area contributed by atoms with E-state index in [0.29, 0.717) is 17.9 Å². The molecule has 1 amide bonds. The molecule has 0 saturated heterocycles. The van der Waals surface area contributed by atoms with Crippen molar-refractivity contribution in [1.29, 1.82) is 0 Å². The van der Waals surface area contributed by atoms with Crippen molar-refractivity contribution in [2.45, 2.75) is 32.2 Å². The van der Waals surface area contributed by atoms with Crippen LogP contribution in [-0.2, 0) is 15.1 Å². The second-order valence-electron chi connectivity index (χ2n) is 4.47. The van der Waals surface area contributed by atoms with Crippen LogP contribution in [0.15, 0.2) is 24.3 Å². The SMILES string of the molecule is CC(C)c1ccc(C(C)(NC=O)C(=O)O)cc1. The van der Waals surface area contributed by atoms with E-state index < -0.39 is 11.5 Å². The molecule has 0 bridgehead atoms. The highest BCUT2D eigenvalue weighted by molar-refractivity contribution is 5.82. The number of rotatable bonds is 5. The molecule has 0 saturated carbocycles. The summed E-state index contributed by atoms with van der Waals surface area (Å²) in [6.45, 7) is 5.60. The number of benzene rings is 1. The van der Waals surface area contributed by atoms with Gasteiger partial charge in [-0.2, -0.15) is 0 Å². The van der Waals surface area contributed by atoms with Gasteiger partial charge in [-0.15, -0.1) is 0 Å². The third-order valence-corrected chi connectivity index (χ3v) is 2.93. The average molecular weight is 235 g/mol. The smallest absolute Gasteiger partial charge is 0.333 e. The van der Waals surface area contributed by atoms with Crippen molar-refractivity contribution in [3.8, 4) is 0 Å². The molecule has 0 radical (unpaired) electrons. The highest BCUT2D eigenvalue weighted by Crippen LogP contribution is 2.23. The van der Waals surface area contributed by atoms with Crippen molar-refractivity contribution in [2.75, 3.05) is 0 Å². The highest BCUT2D eigenvalue weighted by atomic mass is 16.4. The Balaban J connectivity index is 3.12. The summed E-state index contributed by atoms with van der Waals surface area (Å²) >= 11 is 0. The van der Waals surface area contributed by atoms with Crippen molar-refractivity contribution in [2.24, 2.45) is 0 Å². The Morgan fingerprint density at radius 1 is 1.35 bits per heavy atom. The van der Waals surface area contributed by atoms with E-state index in [9.17, 15) is 14.7 Å². The van der Waals surface area contributed by atoms with Crippen molar-refractivity contribution >= 4 is 12.4 Å². The van der Waals surface area contributed by atoms with Crippen LogP contribution in [-0.4, -0.2) is 17.5 Å². The molecule has 0 aliphatic rings. The Labute approximate surface area is 101 Å². The van der Waals surface area contributed by atoms with Gasteiger partial charge < -0.3 is 10.4 Å². The summed E-state index contributed by atoms with van der Waals surface area (Å²) in [6, 6.07) is 7.24. The predicted molar refractivity (Wildman–Crippen MR) is 64.7 cm³/mol. The molecular weight excluding hydrogens is 218 g/mol. The van der Waals surface area contributed by atoms with Gasteiger partial charge in [-0.05, 0) is 24.0 Å². The van der Waals surface area contributed by atoms with E-state index in [4.69, 9.17) is 0 Å². The molecule has 1 aromatic carbocycles. The van der Waals surface area contributed by atoms with E-state index in [1.54, 1.807) is 12.1 Å². The first-order chi connectivity index (χ1) is 7.91. The number of hydrogen-bond donors (Lipinski definition) is 2. The zero-order valence-corrected chi connectivity index (χ0v) is 10.2. The van der Waals surface area contributed by atoms with Crippen molar-refractivity contribution < 1.29 is 14.7 Å². The number of carbonyl (C=O) groups is 2. The lowest BCUT2D eigenvalue weighted by atomic mass is 9.90. The van der Waals surface area contributed by atoms with Crippen LogP contribution in [0.3, 0.4) is 0 Å². The van der Waals surface area contributed by atoms with Crippen molar-refractivity contribution in [1.82, 2.24) is 5.32 Å². The first kappa shape index (κ1) is 13.2. The van der Waals surface area contributed by atoms with Crippen LogP contribution in [0.4, 0.5) is 0 Å². The summed E-state index contributed by atoms with van der Waals surface area (Å²) < 4.78 is 0. The summed E-state index contributed by atoms with van der Waals surface area (Å²) in [7, 11) is 0. The summed E-state index contributed by atoms with van der Waals surface area (Å²) in [4.78, 5) is 21.7. The number of carbonyl (C=O) groups excluding carboxylic acids is 1. The first-order valence-electron chi connectivity index (χ1n) is 5.47. The van der Waals surface area contributed by atoms with Gasteiger partial charge in [-0.25, -0.2) is 4.79 Å². The zero-order valence-electron chi connectivity index (χ0n) is 10.2. The fourth-order valence-corrected chi connectivity index (χ4v) is 1.59. The van der Waals surface area contributed by atoms with E-state index in [0.717, 1.165) is 5.56 Å². The van der Waals surface area contributed by atoms with E-state index in [1.807, 2.05) is 12.1 Å².